The fraction of sp³-hybridized carbons (Fsp3) is 0.417. The molecule has 0 aliphatic carbocycles. The quantitative estimate of drug-likeness (QED) is 0.420. The first-order chi connectivity index (χ1) is 14.4. The first kappa shape index (κ1) is 24.6. The van der Waals surface area contributed by atoms with Crippen LogP contribution in [0.3, 0.4) is 0 Å². The Bertz CT molecular complexity index is 946. The average molecular weight is 442 g/mol. The standard InChI is InChI=1S/C24H31N3O3S/c1-23(2,3)22(29)25-18-13-9-10-14-20(18)31-15-19(27-30)16-11-7-8-12-17(16)21(28)26-24(4,5)6/h7-14,19H,15H2,1-6H3,(H,25,29)(H,26,28). The average Bonchev–Trinajstić information content (AvgIpc) is 2.68. The normalized spacial score (nSPS) is 12.7. The summed E-state index contributed by atoms with van der Waals surface area (Å²) in [6.07, 6.45) is 0. The molecule has 2 aromatic carbocycles. The first-order valence-electron chi connectivity index (χ1n) is 10.2. The lowest BCUT2D eigenvalue weighted by atomic mass is 9.95. The van der Waals surface area contributed by atoms with Gasteiger partial charge in [0.15, 0.2) is 0 Å². The van der Waals surface area contributed by atoms with Gasteiger partial charge in [-0.05, 0) is 44.5 Å². The van der Waals surface area contributed by atoms with Gasteiger partial charge in [-0.3, -0.25) is 9.59 Å². The third-order valence-electron chi connectivity index (χ3n) is 4.39. The highest BCUT2D eigenvalue weighted by Crippen LogP contribution is 2.34. The number of nitrogens with zero attached hydrogens (tertiary/aromatic N) is 1. The van der Waals surface area contributed by atoms with Crippen molar-refractivity contribution in [2.75, 3.05) is 11.1 Å². The molecule has 166 valence electrons. The van der Waals surface area contributed by atoms with Crippen molar-refractivity contribution in [2.24, 2.45) is 10.6 Å². The van der Waals surface area contributed by atoms with Gasteiger partial charge in [0.25, 0.3) is 5.91 Å². The Kier molecular flexibility index (Phi) is 8.01. The van der Waals surface area contributed by atoms with Crippen LogP contribution in [-0.4, -0.2) is 23.1 Å². The summed E-state index contributed by atoms with van der Waals surface area (Å²) in [5.74, 6) is 0.0144. The van der Waals surface area contributed by atoms with E-state index in [1.54, 1.807) is 24.3 Å². The molecule has 2 amide bonds. The molecular weight excluding hydrogens is 410 g/mol. The summed E-state index contributed by atoms with van der Waals surface area (Å²) in [4.78, 5) is 37.7. The SMILES string of the molecule is CC(C)(C)NC(=O)c1ccccc1C(CSc1ccccc1NC(=O)C(C)(C)C)N=O. The van der Waals surface area contributed by atoms with Crippen molar-refractivity contribution >= 4 is 29.3 Å². The fourth-order valence-electron chi connectivity index (χ4n) is 2.75. The minimum Gasteiger partial charge on any atom is -0.347 e. The van der Waals surface area contributed by atoms with Gasteiger partial charge in [0.1, 0.15) is 6.04 Å². The molecule has 2 rings (SSSR count). The number of nitroso groups, excluding NO2 is 1. The van der Waals surface area contributed by atoms with Crippen LogP contribution in [0.25, 0.3) is 0 Å². The van der Waals surface area contributed by atoms with Crippen LogP contribution < -0.4 is 10.6 Å². The van der Waals surface area contributed by atoms with Crippen LogP contribution in [-0.2, 0) is 4.79 Å². The van der Waals surface area contributed by atoms with E-state index >= 15 is 0 Å². The van der Waals surface area contributed by atoms with Gasteiger partial charge in [-0.25, -0.2) is 0 Å². The maximum atomic E-state index is 12.7. The summed E-state index contributed by atoms with van der Waals surface area (Å²) < 4.78 is 0. The zero-order valence-corrected chi connectivity index (χ0v) is 19.8. The van der Waals surface area contributed by atoms with Gasteiger partial charge in [0, 0.05) is 27.2 Å². The zero-order chi connectivity index (χ0) is 23.2. The molecule has 2 N–H and O–H groups in total. The molecule has 0 aliphatic heterocycles. The Morgan fingerprint density at radius 1 is 0.968 bits per heavy atom. The molecule has 1 atom stereocenters. The molecular formula is C24H31N3O3S. The third kappa shape index (κ3) is 7.21. The van der Waals surface area contributed by atoms with Crippen molar-refractivity contribution in [3.8, 4) is 0 Å². The largest absolute Gasteiger partial charge is 0.347 e. The minimum atomic E-state index is -0.710. The second-order valence-electron chi connectivity index (χ2n) is 9.42. The van der Waals surface area contributed by atoms with Gasteiger partial charge < -0.3 is 10.6 Å². The number of hydrogen-bond acceptors (Lipinski definition) is 5. The molecule has 0 fully saturated rings. The maximum absolute atomic E-state index is 12.7. The number of thioether (sulfide) groups is 1. The molecule has 0 saturated heterocycles. The minimum absolute atomic E-state index is 0.0881. The molecule has 0 spiro atoms. The number of benzene rings is 2. The van der Waals surface area contributed by atoms with Crippen molar-refractivity contribution < 1.29 is 9.59 Å². The van der Waals surface area contributed by atoms with E-state index in [0.717, 1.165) is 4.90 Å². The van der Waals surface area contributed by atoms with E-state index in [9.17, 15) is 14.5 Å². The molecule has 0 aromatic heterocycles. The fourth-order valence-corrected chi connectivity index (χ4v) is 3.78. The number of para-hydroxylation sites is 1. The second-order valence-corrected chi connectivity index (χ2v) is 10.5. The highest BCUT2D eigenvalue weighted by Gasteiger charge is 2.24. The molecule has 1 unspecified atom stereocenters. The van der Waals surface area contributed by atoms with Crippen LogP contribution in [0.15, 0.2) is 58.6 Å². The first-order valence-corrected chi connectivity index (χ1v) is 11.2. The van der Waals surface area contributed by atoms with Crippen molar-refractivity contribution in [3.63, 3.8) is 0 Å². The van der Waals surface area contributed by atoms with Gasteiger partial charge in [-0.1, -0.05) is 56.3 Å². The number of nitrogens with one attached hydrogen (secondary N) is 2. The molecule has 0 heterocycles. The number of carbonyl (C=O) groups is 2. The van der Waals surface area contributed by atoms with Crippen molar-refractivity contribution in [2.45, 2.75) is 58.0 Å². The topological polar surface area (TPSA) is 87.6 Å². The summed E-state index contributed by atoms with van der Waals surface area (Å²) in [5.41, 5.74) is 0.799. The van der Waals surface area contributed by atoms with Gasteiger partial charge in [-0.2, -0.15) is 4.91 Å². The molecule has 0 saturated carbocycles. The summed E-state index contributed by atoms with van der Waals surface area (Å²) in [7, 11) is 0. The van der Waals surface area contributed by atoms with E-state index in [4.69, 9.17) is 0 Å². The number of anilines is 1. The molecule has 0 aliphatic rings. The van der Waals surface area contributed by atoms with E-state index in [-0.39, 0.29) is 11.8 Å². The molecule has 0 radical (unpaired) electrons. The Labute approximate surface area is 188 Å². The molecule has 7 heteroatoms. The van der Waals surface area contributed by atoms with E-state index in [1.807, 2.05) is 65.8 Å². The number of hydrogen-bond donors (Lipinski definition) is 2. The Hall–Kier alpha value is -2.67. The Balaban J connectivity index is 2.22. The van der Waals surface area contributed by atoms with E-state index < -0.39 is 17.0 Å². The zero-order valence-electron chi connectivity index (χ0n) is 19.0. The van der Waals surface area contributed by atoms with Crippen LogP contribution in [0.2, 0.25) is 0 Å². The highest BCUT2D eigenvalue weighted by atomic mass is 32.2. The Morgan fingerprint density at radius 2 is 1.58 bits per heavy atom. The smallest absolute Gasteiger partial charge is 0.252 e. The van der Waals surface area contributed by atoms with Gasteiger partial charge >= 0.3 is 0 Å². The van der Waals surface area contributed by atoms with Crippen LogP contribution in [0.1, 0.15) is 63.5 Å². The molecule has 2 aromatic rings. The van der Waals surface area contributed by atoms with Crippen LogP contribution in [0, 0.1) is 10.3 Å². The van der Waals surface area contributed by atoms with E-state index in [0.29, 0.717) is 22.6 Å². The maximum Gasteiger partial charge on any atom is 0.252 e. The van der Waals surface area contributed by atoms with Crippen LogP contribution in [0.4, 0.5) is 5.69 Å². The lowest BCUT2D eigenvalue weighted by Gasteiger charge is -2.22. The molecule has 6 nitrogen and oxygen atoms in total. The van der Waals surface area contributed by atoms with Gasteiger partial charge in [0.2, 0.25) is 5.91 Å². The summed E-state index contributed by atoms with van der Waals surface area (Å²) in [6, 6.07) is 13.8. The highest BCUT2D eigenvalue weighted by molar-refractivity contribution is 7.99. The van der Waals surface area contributed by atoms with Crippen molar-refractivity contribution in [1.29, 1.82) is 0 Å². The Morgan fingerprint density at radius 3 is 2.19 bits per heavy atom. The monoisotopic (exact) mass is 441 g/mol. The lowest BCUT2D eigenvalue weighted by molar-refractivity contribution is -0.123. The van der Waals surface area contributed by atoms with Gasteiger partial charge in [-0.15, -0.1) is 11.8 Å². The van der Waals surface area contributed by atoms with E-state index in [2.05, 4.69) is 15.8 Å². The number of rotatable bonds is 7. The van der Waals surface area contributed by atoms with Gasteiger partial charge in [0.05, 0.1) is 5.69 Å². The number of amides is 2. The van der Waals surface area contributed by atoms with Crippen molar-refractivity contribution in [3.05, 3.63) is 64.6 Å². The lowest BCUT2D eigenvalue weighted by Crippen LogP contribution is -2.41. The van der Waals surface area contributed by atoms with Crippen molar-refractivity contribution in [1.82, 2.24) is 5.32 Å². The van der Waals surface area contributed by atoms with Crippen LogP contribution >= 0.6 is 11.8 Å². The molecule has 0 bridgehead atoms. The van der Waals surface area contributed by atoms with E-state index in [1.165, 1.54) is 11.8 Å². The van der Waals surface area contributed by atoms with Crippen LogP contribution in [0.5, 0.6) is 0 Å². The number of carbonyl (C=O) groups excluding carboxylic acids is 2. The summed E-state index contributed by atoms with van der Waals surface area (Å²) in [5, 5.41) is 9.20. The third-order valence-corrected chi connectivity index (χ3v) is 5.54. The second kappa shape index (κ2) is 10.1. The predicted octanol–water partition coefficient (Wildman–Crippen LogP) is 5.80. The molecule has 31 heavy (non-hydrogen) atoms. The summed E-state index contributed by atoms with van der Waals surface area (Å²) in [6.45, 7) is 11.3. The summed E-state index contributed by atoms with van der Waals surface area (Å²) >= 11 is 1.42. The predicted molar refractivity (Wildman–Crippen MR) is 127 cm³/mol.